The zero-order chi connectivity index (χ0) is 16.9. The van der Waals surface area contributed by atoms with Gasteiger partial charge in [0.25, 0.3) is 0 Å². The van der Waals surface area contributed by atoms with E-state index in [9.17, 15) is 14.0 Å². The largest absolute Gasteiger partial charge is 0.464 e. The first kappa shape index (κ1) is 18.2. The number of methoxy groups -OCH3 is 1. The maximum Gasteiger partial charge on any atom is 0.412 e. The number of rotatable bonds is 3. The van der Waals surface area contributed by atoms with Crippen LogP contribution in [0.1, 0.15) is 26.3 Å². The summed E-state index contributed by atoms with van der Waals surface area (Å²) < 4.78 is 24.0. The number of benzene rings is 1. The maximum absolute atomic E-state index is 13.7. The molecule has 0 radical (unpaired) electrons. The Morgan fingerprint density at radius 3 is 2.50 bits per heavy atom. The van der Waals surface area contributed by atoms with Gasteiger partial charge in [0.15, 0.2) is 0 Å². The van der Waals surface area contributed by atoms with E-state index in [1.807, 2.05) is 0 Å². The van der Waals surface area contributed by atoms with Crippen LogP contribution in [-0.2, 0) is 14.3 Å². The van der Waals surface area contributed by atoms with Gasteiger partial charge >= 0.3 is 12.1 Å². The summed E-state index contributed by atoms with van der Waals surface area (Å²) in [5.74, 6) is -1.36. The van der Waals surface area contributed by atoms with Crippen LogP contribution in [0.15, 0.2) is 28.4 Å². The van der Waals surface area contributed by atoms with Gasteiger partial charge in [-0.1, -0.05) is 15.9 Å². The molecule has 1 aromatic rings. The number of ether oxygens (including phenoxy) is 2. The summed E-state index contributed by atoms with van der Waals surface area (Å²) in [6.45, 7) is 5.05. The molecule has 1 amide bonds. The first-order valence-corrected chi connectivity index (χ1v) is 7.17. The highest BCUT2D eigenvalue weighted by atomic mass is 79.9. The average Bonchev–Trinajstić information content (AvgIpc) is 2.39. The molecule has 120 valence electrons. The van der Waals surface area contributed by atoms with Crippen molar-refractivity contribution in [3.05, 3.63) is 39.7 Å². The summed E-state index contributed by atoms with van der Waals surface area (Å²) in [7, 11) is 1.16. The van der Waals surface area contributed by atoms with Crippen molar-refractivity contribution < 1.29 is 23.5 Å². The summed E-state index contributed by atoms with van der Waals surface area (Å²) in [5, 5.41) is 2.26. The Hall–Kier alpha value is -1.89. The van der Waals surface area contributed by atoms with Crippen LogP contribution in [0.4, 0.5) is 9.18 Å². The van der Waals surface area contributed by atoms with Gasteiger partial charge in [-0.05, 0) is 45.0 Å². The number of nitrogens with one attached hydrogen (secondary N) is 1. The molecule has 5 nitrogen and oxygen atoms in total. The first-order chi connectivity index (χ1) is 10.1. The first-order valence-electron chi connectivity index (χ1n) is 6.37. The molecular formula is C15H17BrFNO4. The van der Waals surface area contributed by atoms with Crippen LogP contribution < -0.4 is 5.32 Å². The van der Waals surface area contributed by atoms with E-state index in [1.54, 1.807) is 20.8 Å². The van der Waals surface area contributed by atoms with E-state index in [1.165, 1.54) is 24.3 Å². The molecule has 0 fully saturated rings. The van der Waals surface area contributed by atoms with Gasteiger partial charge in [0.2, 0.25) is 0 Å². The average molecular weight is 374 g/mol. The van der Waals surface area contributed by atoms with Crippen molar-refractivity contribution in [1.82, 2.24) is 5.32 Å². The summed E-state index contributed by atoms with van der Waals surface area (Å²) in [4.78, 5) is 23.5. The Balaban J connectivity index is 3.08. The highest BCUT2D eigenvalue weighted by Crippen LogP contribution is 2.18. The lowest BCUT2D eigenvalue weighted by atomic mass is 10.2. The summed E-state index contributed by atoms with van der Waals surface area (Å²) in [6, 6.07) is 4.22. The molecule has 0 spiro atoms. The molecule has 0 aromatic heterocycles. The van der Waals surface area contributed by atoms with Gasteiger partial charge in [-0.2, -0.15) is 0 Å². The minimum absolute atomic E-state index is 0.117. The van der Waals surface area contributed by atoms with Crippen molar-refractivity contribution in [3.8, 4) is 0 Å². The van der Waals surface area contributed by atoms with Crippen molar-refractivity contribution >= 4 is 34.1 Å². The molecule has 0 saturated carbocycles. The van der Waals surface area contributed by atoms with Crippen molar-refractivity contribution in [2.75, 3.05) is 7.11 Å². The third-order valence-electron chi connectivity index (χ3n) is 2.30. The SMILES string of the molecule is COC(=O)/C(=C\c1cc(Br)ccc1F)NC(=O)OC(C)(C)C. The van der Waals surface area contributed by atoms with E-state index >= 15 is 0 Å². The van der Waals surface area contributed by atoms with Gasteiger partial charge in [-0.25, -0.2) is 14.0 Å². The molecule has 0 atom stereocenters. The van der Waals surface area contributed by atoms with Crippen LogP contribution in [0.2, 0.25) is 0 Å². The Bertz CT molecular complexity index is 608. The van der Waals surface area contributed by atoms with Crippen LogP contribution in [0, 0.1) is 5.82 Å². The minimum atomic E-state index is -0.834. The van der Waals surface area contributed by atoms with Crippen LogP contribution in [0.3, 0.4) is 0 Å². The molecule has 22 heavy (non-hydrogen) atoms. The smallest absolute Gasteiger partial charge is 0.412 e. The molecule has 0 aliphatic carbocycles. The van der Waals surface area contributed by atoms with Gasteiger partial charge in [-0.15, -0.1) is 0 Å². The van der Waals surface area contributed by atoms with Gasteiger partial charge in [0, 0.05) is 10.0 Å². The van der Waals surface area contributed by atoms with Gasteiger partial charge in [0.1, 0.15) is 17.1 Å². The number of hydrogen-bond acceptors (Lipinski definition) is 4. The zero-order valence-electron chi connectivity index (χ0n) is 12.7. The molecule has 0 aliphatic rings. The van der Waals surface area contributed by atoms with Gasteiger partial charge in [-0.3, -0.25) is 5.32 Å². The fourth-order valence-electron chi connectivity index (χ4n) is 1.45. The minimum Gasteiger partial charge on any atom is -0.464 e. The number of carbonyl (C=O) groups is 2. The standard InChI is InChI=1S/C15H17BrFNO4/c1-15(2,3)22-14(20)18-12(13(19)21-4)8-9-7-10(16)5-6-11(9)17/h5-8H,1-4H3,(H,18,20)/b12-8+. The summed E-state index contributed by atoms with van der Waals surface area (Å²) in [6.07, 6.45) is 0.343. The maximum atomic E-state index is 13.7. The molecule has 0 aliphatic heterocycles. The Labute approximate surface area is 136 Å². The molecule has 0 unspecified atom stereocenters. The van der Waals surface area contributed by atoms with Crippen LogP contribution >= 0.6 is 15.9 Å². The van der Waals surface area contributed by atoms with Crippen molar-refractivity contribution in [1.29, 1.82) is 0 Å². The third-order valence-corrected chi connectivity index (χ3v) is 2.79. The molecular weight excluding hydrogens is 357 g/mol. The van der Waals surface area contributed by atoms with E-state index in [4.69, 9.17) is 4.74 Å². The molecule has 0 bridgehead atoms. The topological polar surface area (TPSA) is 64.6 Å². The van der Waals surface area contributed by atoms with Gasteiger partial charge < -0.3 is 9.47 Å². The second-order valence-corrected chi connectivity index (χ2v) is 6.26. The number of alkyl carbamates (subject to hydrolysis) is 1. The predicted octanol–water partition coefficient (Wildman–Crippen LogP) is 3.63. The normalized spacial score (nSPS) is 11.8. The molecule has 0 saturated heterocycles. The number of halogens is 2. The molecule has 0 heterocycles. The Morgan fingerprint density at radius 2 is 1.95 bits per heavy atom. The third kappa shape index (κ3) is 5.85. The molecule has 1 N–H and O–H groups in total. The Kier molecular flexibility index (Phi) is 6.11. The van der Waals surface area contributed by atoms with Crippen molar-refractivity contribution in [3.63, 3.8) is 0 Å². The zero-order valence-corrected chi connectivity index (χ0v) is 14.3. The van der Waals surface area contributed by atoms with E-state index in [0.717, 1.165) is 7.11 Å². The predicted molar refractivity (Wildman–Crippen MR) is 83.5 cm³/mol. The fraction of sp³-hybridized carbons (Fsp3) is 0.333. The van der Waals surface area contributed by atoms with Gasteiger partial charge in [0.05, 0.1) is 7.11 Å². The monoisotopic (exact) mass is 373 g/mol. The number of carbonyl (C=O) groups excluding carboxylic acids is 2. The van der Waals surface area contributed by atoms with Crippen molar-refractivity contribution in [2.24, 2.45) is 0 Å². The lowest BCUT2D eigenvalue weighted by Crippen LogP contribution is -2.34. The van der Waals surface area contributed by atoms with E-state index in [-0.39, 0.29) is 11.3 Å². The van der Waals surface area contributed by atoms with Crippen LogP contribution in [0.25, 0.3) is 6.08 Å². The number of hydrogen-bond donors (Lipinski definition) is 1. The van der Waals surface area contributed by atoms with E-state index in [0.29, 0.717) is 4.47 Å². The van der Waals surface area contributed by atoms with Crippen molar-refractivity contribution in [2.45, 2.75) is 26.4 Å². The van der Waals surface area contributed by atoms with E-state index in [2.05, 4.69) is 26.0 Å². The summed E-state index contributed by atoms with van der Waals surface area (Å²) >= 11 is 3.21. The highest BCUT2D eigenvalue weighted by molar-refractivity contribution is 9.10. The lowest BCUT2D eigenvalue weighted by Gasteiger charge is -2.20. The van der Waals surface area contributed by atoms with E-state index < -0.39 is 23.5 Å². The molecule has 7 heteroatoms. The highest BCUT2D eigenvalue weighted by Gasteiger charge is 2.20. The number of amides is 1. The quantitative estimate of drug-likeness (QED) is 0.648. The van der Waals surface area contributed by atoms with Crippen LogP contribution in [0.5, 0.6) is 0 Å². The summed E-state index contributed by atoms with van der Waals surface area (Å²) in [5.41, 5.74) is -0.841. The lowest BCUT2D eigenvalue weighted by molar-refractivity contribution is -0.136. The number of esters is 1. The Morgan fingerprint density at radius 1 is 1.32 bits per heavy atom. The second kappa shape index (κ2) is 7.40. The second-order valence-electron chi connectivity index (χ2n) is 5.34. The molecule has 1 aromatic carbocycles. The fourth-order valence-corrected chi connectivity index (χ4v) is 1.83. The van der Waals surface area contributed by atoms with Crippen LogP contribution in [-0.4, -0.2) is 24.8 Å². The molecule has 1 rings (SSSR count).